The maximum Gasteiger partial charge on any atom is 0.414 e. The zero-order chi connectivity index (χ0) is 23.9. The van der Waals surface area contributed by atoms with Crippen molar-refractivity contribution in [2.24, 2.45) is 0 Å². The summed E-state index contributed by atoms with van der Waals surface area (Å²) in [6, 6.07) is 24.3. The molecule has 36 heavy (non-hydrogen) atoms. The number of benzene rings is 2. The first-order valence-electron chi connectivity index (χ1n) is 10.2. The van der Waals surface area contributed by atoms with Gasteiger partial charge in [-0.05, 0) is 24.3 Å². The fourth-order valence-electron chi connectivity index (χ4n) is 3.36. The number of hydrogen-bond donors (Lipinski definition) is 2. The van der Waals surface area contributed by atoms with Crippen LogP contribution < -0.4 is 12.4 Å². The van der Waals surface area contributed by atoms with Crippen LogP contribution in [-0.2, 0) is 26.4 Å². The first-order chi connectivity index (χ1) is 16.5. The first kappa shape index (κ1) is 28.1. The molecule has 6 rings (SSSR count). The number of rotatable bonds is 0. The molecule has 1 radical (unpaired) electrons. The summed E-state index contributed by atoms with van der Waals surface area (Å²) in [5.74, 6) is -3.65. The Morgan fingerprint density at radius 3 is 0.889 bits per heavy atom. The molecular weight excluding hydrogens is 527 g/mol. The fraction of sp³-hybridized carbons (Fsp3) is 0. The Morgan fingerprint density at radius 2 is 0.694 bits per heavy atom. The van der Waals surface area contributed by atoms with Crippen LogP contribution in [0.5, 0.6) is 0 Å². The van der Waals surface area contributed by atoms with Gasteiger partial charge in [-0.1, -0.05) is 48.5 Å². The van der Waals surface area contributed by atoms with Gasteiger partial charge in [0.1, 0.15) is 0 Å². The minimum atomic E-state index is -1.82. The van der Waals surface area contributed by atoms with Crippen molar-refractivity contribution < 1.29 is 49.0 Å². The molecule has 8 nitrogen and oxygen atoms in total. The third kappa shape index (κ3) is 6.48. The Bertz CT molecular complexity index is 1420. The Kier molecular flexibility index (Phi) is 10.2. The molecule has 0 amide bonds. The predicted molar refractivity (Wildman–Crippen MR) is 129 cm³/mol. The van der Waals surface area contributed by atoms with Gasteiger partial charge < -0.3 is 22.6 Å². The van der Waals surface area contributed by atoms with E-state index in [1.807, 2.05) is 24.3 Å². The van der Waals surface area contributed by atoms with E-state index in [0.29, 0.717) is 0 Å². The number of aromatic nitrogens is 4. The summed E-state index contributed by atoms with van der Waals surface area (Å²) in [6.07, 6.45) is 7.21. The van der Waals surface area contributed by atoms with Crippen LogP contribution in [0, 0.1) is 0 Å². The largest absolute Gasteiger partial charge is 1.00 e. The van der Waals surface area contributed by atoms with E-state index in [1.165, 1.54) is 0 Å². The van der Waals surface area contributed by atoms with Crippen molar-refractivity contribution in [3.05, 3.63) is 97.6 Å². The Balaban J connectivity index is 0.000000200. The second-order valence-corrected chi connectivity index (χ2v) is 7.04. The van der Waals surface area contributed by atoms with Gasteiger partial charge in [0.05, 0.1) is 22.1 Å². The number of fused-ring (bicyclic) bond motifs is 6. The standard InChI is InChI=1S/2C12H8N2.C2H2O4.ClH.Co/c2*1-3-9-5-6-10-4-2-8-14-12(10)11(9)13-7-1;3-1(4)2(5)6;;/h2*1-8H;(H,3,4)(H,5,6);1H;/p-1. The van der Waals surface area contributed by atoms with Gasteiger partial charge >= 0.3 is 11.9 Å². The van der Waals surface area contributed by atoms with Gasteiger partial charge in [0.25, 0.3) is 0 Å². The molecule has 0 spiro atoms. The molecular formula is C26H18ClCoN4O4-. The molecule has 0 saturated carbocycles. The van der Waals surface area contributed by atoms with Crippen LogP contribution in [-0.4, -0.2) is 42.1 Å². The third-order valence-electron chi connectivity index (χ3n) is 4.87. The van der Waals surface area contributed by atoms with Crippen LogP contribution >= 0.6 is 0 Å². The van der Waals surface area contributed by atoms with E-state index in [9.17, 15) is 0 Å². The number of carboxylic acids is 2. The molecule has 4 aromatic heterocycles. The maximum absolute atomic E-state index is 9.10. The summed E-state index contributed by atoms with van der Waals surface area (Å²) >= 11 is 0. The molecule has 0 atom stereocenters. The molecule has 10 heteroatoms. The predicted octanol–water partition coefficient (Wildman–Crippen LogP) is 1.72. The average molecular weight is 545 g/mol. The second-order valence-electron chi connectivity index (χ2n) is 7.04. The normalized spacial score (nSPS) is 9.67. The number of nitrogens with zero attached hydrogens (tertiary/aromatic N) is 4. The molecule has 6 aromatic rings. The van der Waals surface area contributed by atoms with Crippen LogP contribution in [0.3, 0.4) is 0 Å². The number of carbonyl (C=O) groups is 2. The van der Waals surface area contributed by atoms with E-state index < -0.39 is 11.9 Å². The number of hydrogen-bond acceptors (Lipinski definition) is 6. The first-order valence-corrected chi connectivity index (χ1v) is 10.2. The van der Waals surface area contributed by atoms with E-state index in [2.05, 4.69) is 68.5 Å². The molecule has 0 aliphatic heterocycles. The quantitative estimate of drug-likeness (QED) is 0.219. The molecule has 0 saturated heterocycles. The van der Waals surface area contributed by atoms with Crippen molar-refractivity contribution in [3.8, 4) is 0 Å². The summed E-state index contributed by atoms with van der Waals surface area (Å²) in [5.41, 5.74) is 3.91. The van der Waals surface area contributed by atoms with Gasteiger partial charge in [0.15, 0.2) is 0 Å². The molecule has 2 N–H and O–H groups in total. The maximum atomic E-state index is 9.10. The van der Waals surface area contributed by atoms with Crippen LogP contribution in [0.1, 0.15) is 0 Å². The van der Waals surface area contributed by atoms with Gasteiger partial charge in [-0.2, -0.15) is 0 Å². The molecule has 0 fully saturated rings. The van der Waals surface area contributed by atoms with Crippen molar-refractivity contribution >= 4 is 55.6 Å². The summed E-state index contributed by atoms with van der Waals surface area (Å²) in [5, 5.41) is 19.3. The van der Waals surface area contributed by atoms with Crippen LogP contribution in [0.15, 0.2) is 97.6 Å². The van der Waals surface area contributed by atoms with Gasteiger partial charge in [-0.25, -0.2) is 9.59 Å². The van der Waals surface area contributed by atoms with Gasteiger partial charge in [-0.15, -0.1) is 0 Å². The molecule has 4 heterocycles. The van der Waals surface area contributed by atoms with E-state index in [1.54, 1.807) is 24.8 Å². The molecule has 0 bridgehead atoms. The zero-order valence-electron chi connectivity index (χ0n) is 18.4. The van der Waals surface area contributed by atoms with Crippen molar-refractivity contribution in [2.45, 2.75) is 0 Å². The van der Waals surface area contributed by atoms with E-state index in [-0.39, 0.29) is 29.2 Å². The molecule has 183 valence electrons. The zero-order valence-corrected chi connectivity index (χ0v) is 20.2. The minimum absolute atomic E-state index is 0. The Morgan fingerprint density at radius 1 is 0.472 bits per heavy atom. The van der Waals surface area contributed by atoms with Crippen LogP contribution in [0.25, 0.3) is 43.6 Å². The topological polar surface area (TPSA) is 126 Å². The number of halogens is 1. The molecule has 0 aliphatic carbocycles. The molecule has 2 aromatic carbocycles. The van der Waals surface area contributed by atoms with Crippen molar-refractivity contribution in [2.75, 3.05) is 0 Å². The fourth-order valence-corrected chi connectivity index (χ4v) is 3.36. The Hall–Kier alpha value is -4.18. The monoisotopic (exact) mass is 544 g/mol. The SMILES string of the molecule is O=C(O)C(=O)O.[Cl-].[Co].c1cnc2c(c1)ccc1cccnc12.c1cnc2c(c1)ccc1cccnc12. The summed E-state index contributed by atoms with van der Waals surface area (Å²) in [6.45, 7) is 0. The molecule has 0 unspecified atom stereocenters. The van der Waals surface area contributed by atoms with Crippen molar-refractivity contribution in [1.82, 2.24) is 19.9 Å². The number of carboxylic acid groups (broad SMARTS) is 2. The van der Waals surface area contributed by atoms with E-state index in [0.717, 1.165) is 43.6 Å². The van der Waals surface area contributed by atoms with Crippen molar-refractivity contribution in [3.63, 3.8) is 0 Å². The van der Waals surface area contributed by atoms with E-state index >= 15 is 0 Å². The van der Waals surface area contributed by atoms with Crippen LogP contribution in [0.2, 0.25) is 0 Å². The minimum Gasteiger partial charge on any atom is -1.00 e. The summed E-state index contributed by atoms with van der Waals surface area (Å²) < 4.78 is 0. The Labute approximate surface area is 221 Å². The smallest absolute Gasteiger partial charge is 0.414 e. The number of aliphatic carboxylic acids is 2. The van der Waals surface area contributed by atoms with Gasteiger partial charge in [0, 0.05) is 63.1 Å². The molecule has 0 aliphatic rings. The van der Waals surface area contributed by atoms with Crippen molar-refractivity contribution in [1.29, 1.82) is 0 Å². The third-order valence-corrected chi connectivity index (χ3v) is 4.87. The summed E-state index contributed by atoms with van der Waals surface area (Å²) in [7, 11) is 0. The number of pyridine rings is 4. The second kappa shape index (κ2) is 13.1. The van der Waals surface area contributed by atoms with Gasteiger partial charge in [0.2, 0.25) is 0 Å². The average Bonchev–Trinajstić information content (AvgIpc) is 2.89. The van der Waals surface area contributed by atoms with E-state index in [4.69, 9.17) is 19.8 Å². The van der Waals surface area contributed by atoms with Gasteiger partial charge in [-0.3, -0.25) is 19.9 Å². The summed E-state index contributed by atoms with van der Waals surface area (Å²) in [4.78, 5) is 35.6. The van der Waals surface area contributed by atoms with Crippen LogP contribution in [0.4, 0.5) is 0 Å².